The molecule has 0 bridgehead atoms. The average molecular weight is 295 g/mol. The number of pyridine rings is 1. The summed E-state index contributed by atoms with van der Waals surface area (Å²) in [6.45, 7) is 0.678. The summed E-state index contributed by atoms with van der Waals surface area (Å²) >= 11 is 3.43. The molecule has 0 saturated carbocycles. The lowest BCUT2D eigenvalue weighted by Crippen LogP contribution is -2.12. The van der Waals surface area contributed by atoms with E-state index in [0.29, 0.717) is 6.54 Å². The third-order valence-corrected chi connectivity index (χ3v) is 3.28. The van der Waals surface area contributed by atoms with E-state index in [4.69, 9.17) is 5.73 Å². The van der Waals surface area contributed by atoms with Gasteiger partial charge in [0.15, 0.2) is 0 Å². The molecular weight excluding hydrogens is 280 g/mol. The van der Waals surface area contributed by atoms with E-state index < -0.39 is 0 Å². The summed E-state index contributed by atoms with van der Waals surface area (Å²) in [5, 5.41) is 1.06. The van der Waals surface area contributed by atoms with E-state index in [1.807, 2.05) is 24.3 Å². The summed E-state index contributed by atoms with van der Waals surface area (Å²) in [4.78, 5) is 14.7. The topological polar surface area (TPSA) is 58.9 Å². The summed E-state index contributed by atoms with van der Waals surface area (Å²) in [6.07, 6.45) is 2.70. The molecule has 1 heterocycles. The smallest absolute Gasteiger partial charge is 0.251 e. The fourth-order valence-corrected chi connectivity index (χ4v) is 2.25. The van der Waals surface area contributed by atoms with Crippen molar-refractivity contribution in [2.45, 2.75) is 19.3 Å². The molecule has 0 radical (unpaired) electrons. The number of hydrogen-bond donors (Lipinski definition) is 2. The van der Waals surface area contributed by atoms with Crippen molar-refractivity contribution in [2.75, 3.05) is 6.54 Å². The van der Waals surface area contributed by atoms with Gasteiger partial charge >= 0.3 is 0 Å². The van der Waals surface area contributed by atoms with Crippen LogP contribution < -0.4 is 11.3 Å². The molecule has 0 aliphatic carbocycles. The summed E-state index contributed by atoms with van der Waals surface area (Å²) in [5.41, 5.74) is 7.17. The first-order chi connectivity index (χ1) is 8.20. The summed E-state index contributed by atoms with van der Waals surface area (Å²) in [7, 11) is 0. The van der Waals surface area contributed by atoms with Crippen LogP contribution >= 0.6 is 15.9 Å². The Balaban J connectivity index is 2.36. The van der Waals surface area contributed by atoms with Gasteiger partial charge in [-0.1, -0.05) is 15.9 Å². The molecule has 2 rings (SSSR count). The third kappa shape index (κ3) is 2.96. The maximum absolute atomic E-state index is 11.8. The SMILES string of the molecule is NCCCCc1cc2cc(Br)ccc2[nH]c1=O. The van der Waals surface area contributed by atoms with Gasteiger partial charge in [0.25, 0.3) is 5.56 Å². The zero-order valence-electron chi connectivity index (χ0n) is 9.50. The molecule has 0 fully saturated rings. The Hall–Kier alpha value is -1.13. The summed E-state index contributed by atoms with van der Waals surface area (Å²) in [6, 6.07) is 7.81. The Morgan fingerprint density at radius 3 is 2.82 bits per heavy atom. The van der Waals surface area contributed by atoms with Crippen LogP contribution in [0, 0.1) is 0 Å². The Kier molecular flexibility index (Phi) is 3.97. The lowest BCUT2D eigenvalue weighted by atomic mass is 10.1. The van der Waals surface area contributed by atoms with Crippen LogP contribution in [-0.4, -0.2) is 11.5 Å². The molecule has 17 heavy (non-hydrogen) atoms. The molecule has 4 heteroatoms. The Bertz CT molecular complexity index is 577. The molecule has 0 spiro atoms. The number of unbranched alkanes of at least 4 members (excludes halogenated alkanes) is 1. The zero-order chi connectivity index (χ0) is 12.3. The van der Waals surface area contributed by atoms with Crippen molar-refractivity contribution in [2.24, 2.45) is 5.73 Å². The number of H-pyrrole nitrogens is 1. The van der Waals surface area contributed by atoms with Gasteiger partial charge in [0.2, 0.25) is 0 Å². The van der Waals surface area contributed by atoms with Gasteiger partial charge in [0.1, 0.15) is 0 Å². The van der Waals surface area contributed by atoms with Crippen LogP contribution in [0.3, 0.4) is 0 Å². The molecular formula is C13H15BrN2O. The Morgan fingerprint density at radius 2 is 2.06 bits per heavy atom. The monoisotopic (exact) mass is 294 g/mol. The molecule has 3 N–H and O–H groups in total. The molecule has 90 valence electrons. The van der Waals surface area contributed by atoms with Crippen molar-refractivity contribution in [1.29, 1.82) is 0 Å². The van der Waals surface area contributed by atoms with Crippen LogP contribution in [0.25, 0.3) is 10.9 Å². The predicted molar refractivity (Wildman–Crippen MR) is 74.3 cm³/mol. The Labute approximate surface area is 108 Å². The summed E-state index contributed by atoms with van der Waals surface area (Å²) < 4.78 is 1.02. The quantitative estimate of drug-likeness (QED) is 0.852. The van der Waals surface area contributed by atoms with Crippen molar-refractivity contribution in [3.63, 3.8) is 0 Å². The molecule has 0 unspecified atom stereocenters. The first kappa shape index (κ1) is 12.3. The number of nitrogens with two attached hydrogens (primary N) is 1. The molecule has 0 saturated heterocycles. The molecule has 2 aromatic rings. The lowest BCUT2D eigenvalue weighted by molar-refractivity contribution is 0.740. The van der Waals surface area contributed by atoms with Crippen LogP contribution in [0.4, 0.5) is 0 Å². The standard InChI is InChI=1S/C13H15BrN2O/c14-11-4-5-12-10(8-11)7-9(13(17)16-12)3-1-2-6-15/h4-5,7-8H,1-3,6,15H2,(H,16,17). The van der Waals surface area contributed by atoms with E-state index in [2.05, 4.69) is 20.9 Å². The number of halogens is 1. The van der Waals surface area contributed by atoms with Crippen molar-refractivity contribution in [3.8, 4) is 0 Å². The number of nitrogens with one attached hydrogen (secondary N) is 1. The highest BCUT2D eigenvalue weighted by molar-refractivity contribution is 9.10. The van der Waals surface area contributed by atoms with Gasteiger partial charge in [-0.25, -0.2) is 0 Å². The number of aromatic amines is 1. The van der Waals surface area contributed by atoms with Crippen molar-refractivity contribution >= 4 is 26.8 Å². The molecule has 0 aliphatic heterocycles. The second-order valence-corrected chi connectivity index (χ2v) is 5.02. The second-order valence-electron chi connectivity index (χ2n) is 4.10. The zero-order valence-corrected chi connectivity index (χ0v) is 11.1. The number of aryl methyl sites for hydroxylation is 1. The molecule has 1 aromatic heterocycles. The fourth-order valence-electron chi connectivity index (χ4n) is 1.87. The second kappa shape index (κ2) is 5.47. The van der Waals surface area contributed by atoms with Gasteiger partial charge in [0, 0.05) is 15.6 Å². The highest BCUT2D eigenvalue weighted by Crippen LogP contribution is 2.18. The van der Waals surface area contributed by atoms with Crippen LogP contribution in [0.1, 0.15) is 18.4 Å². The van der Waals surface area contributed by atoms with Gasteiger partial charge in [-0.05, 0) is 55.5 Å². The largest absolute Gasteiger partial charge is 0.330 e. The number of rotatable bonds is 4. The van der Waals surface area contributed by atoms with Gasteiger partial charge < -0.3 is 10.7 Å². The summed E-state index contributed by atoms with van der Waals surface area (Å²) in [5.74, 6) is 0. The van der Waals surface area contributed by atoms with E-state index in [1.54, 1.807) is 0 Å². The van der Waals surface area contributed by atoms with Crippen LogP contribution in [0.5, 0.6) is 0 Å². The highest BCUT2D eigenvalue weighted by Gasteiger charge is 2.03. The molecule has 0 aliphatic rings. The van der Waals surface area contributed by atoms with Crippen LogP contribution in [0.2, 0.25) is 0 Å². The highest BCUT2D eigenvalue weighted by atomic mass is 79.9. The van der Waals surface area contributed by atoms with E-state index in [0.717, 1.165) is 40.2 Å². The molecule has 3 nitrogen and oxygen atoms in total. The van der Waals surface area contributed by atoms with Gasteiger partial charge in [-0.2, -0.15) is 0 Å². The number of aromatic nitrogens is 1. The van der Waals surface area contributed by atoms with E-state index in [9.17, 15) is 4.79 Å². The maximum atomic E-state index is 11.8. The van der Waals surface area contributed by atoms with Crippen LogP contribution in [0.15, 0.2) is 33.5 Å². The third-order valence-electron chi connectivity index (χ3n) is 2.78. The fraction of sp³-hybridized carbons (Fsp3) is 0.308. The first-order valence-corrected chi connectivity index (χ1v) is 6.51. The van der Waals surface area contributed by atoms with Crippen molar-refractivity contribution in [1.82, 2.24) is 4.98 Å². The van der Waals surface area contributed by atoms with E-state index in [1.165, 1.54) is 0 Å². The number of hydrogen-bond acceptors (Lipinski definition) is 2. The van der Waals surface area contributed by atoms with Gasteiger partial charge in [0.05, 0.1) is 0 Å². The first-order valence-electron chi connectivity index (χ1n) is 5.72. The number of fused-ring (bicyclic) bond motifs is 1. The van der Waals surface area contributed by atoms with E-state index >= 15 is 0 Å². The van der Waals surface area contributed by atoms with Crippen molar-refractivity contribution < 1.29 is 0 Å². The number of benzene rings is 1. The molecule has 0 amide bonds. The van der Waals surface area contributed by atoms with E-state index in [-0.39, 0.29) is 5.56 Å². The van der Waals surface area contributed by atoms with Crippen LogP contribution in [-0.2, 0) is 6.42 Å². The lowest BCUT2D eigenvalue weighted by Gasteiger charge is -2.03. The van der Waals surface area contributed by atoms with Gasteiger partial charge in [-0.3, -0.25) is 4.79 Å². The molecule has 1 aromatic carbocycles. The molecule has 0 atom stereocenters. The van der Waals surface area contributed by atoms with Gasteiger partial charge in [-0.15, -0.1) is 0 Å². The van der Waals surface area contributed by atoms with Crippen molar-refractivity contribution in [3.05, 3.63) is 44.7 Å². The Morgan fingerprint density at radius 1 is 1.24 bits per heavy atom. The average Bonchev–Trinajstić information content (AvgIpc) is 2.31. The minimum Gasteiger partial charge on any atom is -0.330 e. The normalized spacial score (nSPS) is 10.9. The predicted octanol–water partition coefficient (Wildman–Crippen LogP) is 2.57. The minimum absolute atomic E-state index is 0.0110. The minimum atomic E-state index is 0.0110. The maximum Gasteiger partial charge on any atom is 0.251 e.